The van der Waals surface area contributed by atoms with Gasteiger partial charge in [-0.05, 0) is 78.7 Å². The maximum atomic E-state index is 14.0. The van der Waals surface area contributed by atoms with Crippen LogP contribution in [0.25, 0.3) is 34.4 Å². The Morgan fingerprint density at radius 1 is 0.698 bits per heavy atom. The van der Waals surface area contributed by atoms with E-state index in [-0.39, 0.29) is 39.5 Å². The van der Waals surface area contributed by atoms with Gasteiger partial charge in [-0.3, -0.25) is 4.79 Å². The number of aliphatic hydroxyl groups is 1. The van der Waals surface area contributed by atoms with Gasteiger partial charge in [0.25, 0.3) is 0 Å². The third-order valence-corrected chi connectivity index (χ3v) is 8.15. The fourth-order valence-corrected chi connectivity index (χ4v) is 5.52. The Morgan fingerprint density at radius 3 is 1.75 bits per heavy atom. The van der Waals surface area contributed by atoms with Gasteiger partial charge >= 0.3 is 11.9 Å². The van der Waals surface area contributed by atoms with Crippen LogP contribution in [0.4, 0.5) is 0 Å². The van der Waals surface area contributed by atoms with Gasteiger partial charge in [-0.1, -0.05) is 24.3 Å². The van der Waals surface area contributed by atoms with E-state index in [0.717, 1.165) is 24.3 Å². The molecule has 1 saturated heterocycles. The summed E-state index contributed by atoms with van der Waals surface area (Å²) in [6.45, 7) is 1.45. The first kappa shape index (κ1) is 36.0. The second kappa shape index (κ2) is 15.2. The first-order valence-corrected chi connectivity index (χ1v) is 16.0. The van der Waals surface area contributed by atoms with Gasteiger partial charge in [-0.2, -0.15) is 0 Å². The Labute approximate surface area is 300 Å². The zero-order valence-electron chi connectivity index (χ0n) is 27.7. The number of phenols is 5. The molecular weight excluding hydrogens is 692 g/mol. The number of ether oxygens (including phenoxy) is 4. The summed E-state index contributed by atoms with van der Waals surface area (Å²) in [5.74, 6) is -3.77. The summed E-state index contributed by atoms with van der Waals surface area (Å²) in [7, 11) is 0. The lowest BCUT2D eigenvalue weighted by molar-refractivity contribution is -0.275. The van der Waals surface area contributed by atoms with Crippen molar-refractivity contribution in [3.8, 4) is 45.8 Å². The van der Waals surface area contributed by atoms with Crippen LogP contribution in [-0.2, 0) is 23.8 Å². The van der Waals surface area contributed by atoms with Gasteiger partial charge in [0.05, 0.1) is 6.10 Å². The van der Waals surface area contributed by atoms with Crippen LogP contribution in [0.3, 0.4) is 0 Å². The molecule has 0 saturated carbocycles. The van der Waals surface area contributed by atoms with Crippen molar-refractivity contribution in [3.05, 3.63) is 118 Å². The molecule has 14 nitrogen and oxygen atoms in total. The molecule has 6 N–H and O–H groups in total. The molecule has 1 aliphatic heterocycles. The summed E-state index contributed by atoms with van der Waals surface area (Å²) in [6.07, 6.45) is -2.93. The van der Waals surface area contributed by atoms with Crippen LogP contribution >= 0.6 is 0 Å². The molecule has 0 bridgehead atoms. The molecule has 1 aliphatic rings. The number of benzene rings is 4. The summed E-state index contributed by atoms with van der Waals surface area (Å²) in [5, 5.41) is 60.8. The topological polar surface area (TPSA) is 223 Å². The molecule has 0 spiro atoms. The van der Waals surface area contributed by atoms with Gasteiger partial charge in [0, 0.05) is 29.8 Å². The average Bonchev–Trinajstić information content (AvgIpc) is 3.12. The van der Waals surface area contributed by atoms with Crippen LogP contribution in [0.1, 0.15) is 18.1 Å². The standard InChI is InChI=1S/C39H32O14/c1-20-35(51-30(45)16-6-21-2-10-24(40)11-3-21)34(48)38(52-31(46)17-7-22-4-12-25(41)13-5-22)39(49-20)53-37-33(47)32-28(44)18-27(43)19-29(32)50-36(37)23-8-14-26(42)15-9-23/h2-20,34-35,38-44,48H,1H3/t20-,34+,35-,38-,39-/m0/s1. The number of aliphatic hydroxyl groups excluding tert-OH is 1. The zero-order valence-corrected chi connectivity index (χ0v) is 27.7. The van der Waals surface area contributed by atoms with Crippen molar-refractivity contribution in [1.82, 2.24) is 0 Å². The molecule has 1 aromatic heterocycles. The van der Waals surface area contributed by atoms with E-state index in [2.05, 4.69) is 0 Å². The molecule has 1 fully saturated rings. The Kier molecular flexibility index (Phi) is 10.4. The minimum Gasteiger partial charge on any atom is -0.508 e. The lowest BCUT2D eigenvalue weighted by Crippen LogP contribution is -2.61. The first-order valence-electron chi connectivity index (χ1n) is 16.0. The molecule has 0 amide bonds. The maximum Gasteiger partial charge on any atom is 0.331 e. The van der Waals surface area contributed by atoms with Crippen LogP contribution in [0.5, 0.6) is 34.5 Å². The molecule has 14 heteroatoms. The molecule has 0 aliphatic carbocycles. The van der Waals surface area contributed by atoms with E-state index in [1.54, 1.807) is 12.1 Å². The monoisotopic (exact) mass is 724 g/mol. The third kappa shape index (κ3) is 8.25. The van der Waals surface area contributed by atoms with E-state index < -0.39 is 65.3 Å². The smallest absolute Gasteiger partial charge is 0.331 e. The number of rotatable bonds is 9. The van der Waals surface area contributed by atoms with E-state index in [9.17, 15) is 45.0 Å². The molecule has 53 heavy (non-hydrogen) atoms. The number of aromatic hydroxyl groups is 5. The largest absolute Gasteiger partial charge is 0.508 e. The molecule has 2 heterocycles. The number of hydrogen-bond donors (Lipinski definition) is 6. The number of fused-ring (bicyclic) bond motifs is 1. The van der Waals surface area contributed by atoms with Crippen molar-refractivity contribution >= 4 is 35.1 Å². The number of hydrogen-bond acceptors (Lipinski definition) is 14. The van der Waals surface area contributed by atoms with Gasteiger partial charge in [0.1, 0.15) is 45.8 Å². The highest BCUT2D eigenvalue weighted by molar-refractivity contribution is 5.89. The predicted molar refractivity (Wildman–Crippen MR) is 188 cm³/mol. The highest BCUT2D eigenvalue weighted by Gasteiger charge is 2.49. The fourth-order valence-electron chi connectivity index (χ4n) is 5.52. The van der Waals surface area contributed by atoms with E-state index in [1.165, 1.54) is 79.7 Å². The number of carbonyl (C=O) groups excluding carboxylic acids is 2. The van der Waals surface area contributed by atoms with Gasteiger partial charge in [0.2, 0.25) is 17.5 Å². The van der Waals surface area contributed by atoms with Crippen LogP contribution in [0.2, 0.25) is 0 Å². The van der Waals surface area contributed by atoms with Gasteiger partial charge in [0.15, 0.2) is 18.0 Å². The molecular formula is C39H32O14. The van der Waals surface area contributed by atoms with Crippen molar-refractivity contribution in [1.29, 1.82) is 0 Å². The van der Waals surface area contributed by atoms with Gasteiger partial charge in [-0.15, -0.1) is 0 Å². The molecule has 5 atom stereocenters. The Balaban J connectivity index is 1.35. The van der Waals surface area contributed by atoms with Crippen molar-refractivity contribution in [2.75, 3.05) is 0 Å². The highest BCUT2D eigenvalue weighted by Crippen LogP contribution is 2.38. The van der Waals surface area contributed by atoms with E-state index in [4.69, 9.17) is 23.4 Å². The Morgan fingerprint density at radius 2 is 1.21 bits per heavy atom. The van der Waals surface area contributed by atoms with Crippen LogP contribution in [0, 0.1) is 0 Å². The molecule has 4 aromatic carbocycles. The SMILES string of the molecule is C[C@@H]1O[C@@H](Oc2c(-c3ccc(O)cc3)oc3cc(O)cc(O)c3c2=O)[C@@H](OC(=O)C=Cc2ccc(O)cc2)[C@H](O)[C@H]1OC(=O)C=Cc1ccc(O)cc1. The second-order valence-corrected chi connectivity index (χ2v) is 11.9. The van der Waals surface area contributed by atoms with Gasteiger partial charge in [-0.25, -0.2) is 9.59 Å². The second-order valence-electron chi connectivity index (χ2n) is 11.9. The first-order chi connectivity index (χ1) is 25.4. The number of carbonyl (C=O) groups is 2. The summed E-state index contributed by atoms with van der Waals surface area (Å²) in [6, 6.07) is 19.3. The van der Waals surface area contributed by atoms with Crippen molar-refractivity contribution in [2.24, 2.45) is 0 Å². The van der Waals surface area contributed by atoms with Crippen LogP contribution in [-0.4, -0.2) is 73.3 Å². The summed E-state index contributed by atoms with van der Waals surface area (Å²) >= 11 is 0. The zero-order chi connectivity index (χ0) is 37.8. The minimum absolute atomic E-state index is 0.00905. The van der Waals surface area contributed by atoms with Gasteiger partial charge < -0.3 is 54.0 Å². The van der Waals surface area contributed by atoms with E-state index in [1.807, 2.05) is 0 Å². The Bertz CT molecular complexity index is 2240. The summed E-state index contributed by atoms with van der Waals surface area (Å²) < 4.78 is 29.1. The Hall–Kier alpha value is -6.77. The van der Waals surface area contributed by atoms with E-state index in [0.29, 0.717) is 11.1 Å². The molecule has 6 rings (SSSR count). The highest BCUT2D eigenvalue weighted by atomic mass is 16.7. The number of esters is 2. The molecule has 272 valence electrons. The number of phenolic OH excluding ortho intramolecular Hbond substituents is 5. The van der Waals surface area contributed by atoms with Crippen molar-refractivity contribution in [3.63, 3.8) is 0 Å². The maximum absolute atomic E-state index is 14.0. The van der Waals surface area contributed by atoms with E-state index >= 15 is 0 Å². The lowest BCUT2D eigenvalue weighted by atomic mass is 9.99. The van der Waals surface area contributed by atoms with Crippen molar-refractivity contribution in [2.45, 2.75) is 37.6 Å². The molecule has 5 aromatic rings. The summed E-state index contributed by atoms with van der Waals surface area (Å²) in [5.41, 5.74) is 0.154. The third-order valence-electron chi connectivity index (χ3n) is 8.15. The molecule has 0 radical (unpaired) electrons. The van der Waals surface area contributed by atoms with Crippen LogP contribution < -0.4 is 10.2 Å². The lowest BCUT2D eigenvalue weighted by Gasteiger charge is -2.41. The van der Waals surface area contributed by atoms with Crippen LogP contribution in [0.15, 0.2) is 106 Å². The molecule has 0 unspecified atom stereocenters. The van der Waals surface area contributed by atoms with Crippen molar-refractivity contribution < 1.29 is 63.6 Å². The summed E-state index contributed by atoms with van der Waals surface area (Å²) in [4.78, 5) is 40.0. The minimum atomic E-state index is -1.80. The quantitative estimate of drug-likeness (QED) is 0.0894. The fraction of sp³-hybridized carbons (Fsp3) is 0.154. The predicted octanol–water partition coefficient (Wildman–Crippen LogP) is 4.72. The normalized spacial score (nSPS) is 20.1. The average molecular weight is 725 g/mol.